The van der Waals surface area contributed by atoms with Crippen LogP contribution in [0.4, 0.5) is 5.69 Å². The topological polar surface area (TPSA) is 83.6 Å². The Morgan fingerprint density at radius 2 is 1.62 bits per heavy atom. The van der Waals surface area contributed by atoms with Gasteiger partial charge in [-0.05, 0) is 37.1 Å². The molecule has 6 nitrogen and oxygen atoms in total. The van der Waals surface area contributed by atoms with Gasteiger partial charge < -0.3 is 5.32 Å². The summed E-state index contributed by atoms with van der Waals surface area (Å²) in [5, 5.41) is 3.25. The van der Waals surface area contributed by atoms with E-state index in [1.54, 1.807) is 24.3 Å². The Bertz CT molecular complexity index is 680. The molecule has 8 heteroatoms. The fraction of sp³-hybridized carbons (Fsp3) is 0.538. The molecule has 1 aromatic carbocycles. The van der Waals surface area contributed by atoms with Crippen molar-refractivity contribution >= 4 is 25.5 Å². The van der Waals surface area contributed by atoms with Gasteiger partial charge in [0.2, 0.25) is 10.0 Å². The first-order valence-corrected chi connectivity index (χ1v) is 9.96. The quantitative estimate of drug-likeness (QED) is 0.887. The van der Waals surface area contributed by atoms with Gasteiger partial charge in [0.05, 0.1) is 16.4 Å². The zero-order chi connectivity index (χ0) is 15.7. The number of nitrogens with one attached hydrogen (secondary N) is 1. The van der Waals surface area contributed by atoms with E-state index in [9.17, 15) is 16.8 Å². The normalized spacial score (nSPS) is 19.6. The third-order valence-electron chi connectivity index (χ3n) is 3.56. The molecule has 0 aliphatic carbocycles. The zero-order valence-corrected chi connectivity index (χ0v) is 13.7. The third-order valence-corrected chi connectivity index (χ3v) is 7.10. The minimum absolute atomic E-state index is 0.116. The number of nitrogens with zero attached hydrogens (tertiary/aromatic N) is 1. The monoisotopic (exact) mass is 332 g/mol. The molecule has 1 fully saturated rings. The Hall–Kier alpha value is -1.12. The first-order valence-electron chi connectivity index (χ1n) is 6.70. The van der Waals surface area contributed by atoms with E-state index in [0.29, 0.717) is 12.8 Å². The van der Waals surface area contributed by atoms with Crippen molar-refractivity contribution < 1.29 is 16.8 Å². The molecule has 0 atom stereocenters. The van der Waals surface area contributed by atoms with E-state index in [1.807, 2.05) is 0 Å². The Kier molecular flexibility index (Phi) is 4.60. The molecule has 0 bridgehead atoms. The molecule has 1 N–H and O–H groups in total. The first-order chi connectivity index (χ1) is 9.71. The summed E-state index contributed by atoms with van der Waals surface area (Å²) in [5.74, 6) is 0.412. The number of benzene rings is 1. The maximum absolute atomic E-state index is 11.9. The van der Waals surface area contributed by atoms with E-state index >= 15 is 0 Å². The molecular formula is C13H20N2O4S2. The van der Waals surface area contributed by atoms with Crippen LogP contribution in [0.15, 0.2) is 29.2 Å². The van der Waals surface area contributed by atoms with Crippen molar-refractivity contribution in [3.8, 4) is 0 Å². The summed E-state index contributed by atoms with van der Waals surface area (Å²) in [6, 6.07) is 6.64. The first kappa shape index (κ1) is 16.3. The lowest BCUT2D eigenvalue weighted by atomic mass is 10.1. The number of sulfonamides is 1. The van der Waals surface area contributed by atoms with E-state index in [4.69, 9.17) is 0 Å². The molecule has 0 aromatic heterocycles. The summed E-state index contributed by atoms with van der Waals surface area (Å²) in [6.45, 7) is 0. The second kappa shape index (κ2) is 5.94. The predicted molar refractivity (Wildman–Crippen MR) is 82.6 cm³/mol. The van der Waals surface area contributed by atoms with Crippen LogP contribution in [0.25, 0.3) is 0 Å². The largest absolute Gasteiger partial charge is 0.382 e. The van der Waals surface area contributed by atoms with Crippen LogP contribution in [-0.4, -0.2) is 52.8 Å². The predicted octanol–water partition coefficient (Wildman–Crippen LogP) is 0.926. The van der Waals surface area contributed by atoms with Gasteiger partial charge in [-0.2, -0.15) is 0 Å². The minimum Gasteiger partial charge on any atom is -0.382 e. The van der Waals surface area contributed by atoms with Crippen molar-refractivity contribution in [2.45, 2.75) is 23.8 Å². The number of sulfone groups is 1. The van der Waals surface area contributed by atoms with E-state index in [2.05, 4.69) is 5.32 Å². The van der Waals surface area contributed by atoms with E-state index in [-0.39, 0.29) is 22.4 Å². The van der Waals surface area contributed by atoms with Gasteiger partial charge in [0.1, 0.15) is 9.84 Å². The fourth-order valence-electron chi connectivity index (χ4n) is 2.20. The summed E-state index contributed by atoms with van der Waals surface area (Å²) < 4.78 is 47.8. The Balaban J connectivity index is 2.04. The molecule has 0 unspecified atom stereocenters. The van der Waals surface area contributed by atoms with Crippen LogP contribution in [0, 0.1) is 0 Å². The van der Waals surface area contributed by atoms with Crippen molar-refractivity contribution in [3.05, 3.63) is 24.3 Å². The second-order valence-electron chi connectivity index (χ2n) is 5.38. The van der Waals surface area contributed by atoms with Gasteiger partial charge in [0, 0.05) is 25.8 Å². The molecule has 0 amide bonds. The molecular weight excluding hydrogens is 312 g/mol. The lowest BCUT2D eigenvalue weighted by Gasteiger charge is -2.24. The van der Waals surface area contributed by atoms with Gasteiger partial charge >= 0.3 is 0 Å². The second-order valence-corrected chi connectivity index (χ2v) is 9.84. The zero-order valence-electron chi connectivity index (χ0n) is 12.1. The highest BCUT2D eigenvalue weighted by molar-refractivity contribution is 7.91. The van der Waals surface area contributed by atoms with Crippen molar-refractivity contribution in [2.75, 3.05) is 30.9 Å². The van der Waals surface area contributed by atoms with Crippen molar-refractivity contribution in [1.29, 1.82) is 0 Å². The molecule has 1 saturated heterocycles. The summed E-state index contributed by atoms with van der Waals surface area (Å²) in [4.78, 5) is 0.240. The van der Waals surface area contributed by atoms with E-state index in [0.717, 1.165) is 5.69 Å². The van der Waals surface area contributed by atoms with Gasteiger partial charge in [-0.15, -0.1) is 0 Å². The standard InChI is InChI=1S/C13H20N2O4S2/c1-15(2)21(18,19)13-5-3-11(4-6-13)14-12-7-9-20(16,17)10-8-12/h3-6,12,14H,7-10H2,1-2H3. The molecule has 1 heterocycles. The van der Waals surface area contributed by atoms with Crippen LogP contribution in [0.3, 0.4) is 0 Å². The van der Waals surface area contributed by atoms with Crippen molar-refractivity contribution in [3.63, 3.8) is 0 Å². The average Bonchev–Trinajstić information content (AvgIpc) is 2.42. The Labute approximate surface area is 126 Å². The SMILES string of the molecule is CN(C)S(=O)(=O)c1ccc(NC2CCS(=O)(=O)CC2)cc1. The lowest BCUT2D eigenvalue weighted by molar-refractivity contribution is 0.520. The number of hydrogen-bond acceptors (Lipinski definition) is 5. The van der Waals surface area contributed by atoms with Crippen LogP contribution in [-0.2, 0) is 19.9 Å². The van der Waals surface area contributed by atoms with E-state index < -0.39 is 19.9 Å². The molecule has 0 radical (unpaired) electrons. The maximum atomic E-state index is 11.9. The van der Waals surface area contributed by atoms with Crippen LogP contribution in [0.1, 0.15) is 12.8 Å². The average molecular weight is 332 g/mol. The van der Waals surface area contributed by atoms with Crippen LogP contribution in [0.2, 0.25) is 0 Å². The van der Waals surface area contributed by atoms with Gasteiger partial charge in [0.25, 0.3) is 0 Å². The Morgan fingerprint density at radius 1 is 1.10 bits per heavy atom. The smallest absolute Gasteiger partial charge is 0.242 e. The highest BCUT2D eigenvalue weighted by Crippen LogP contribution is 2.20. The van der Waals surface area contributed by atoms with Crippen molar-refractivity contribution in [1.82, 2.24) is 4.31 Å². The molecule has 2 rings (SSSR count). The minimum atomic E-state index is -3.42. The summed E-state index contributed by atoms with van der Waals surface area (Å²) in [7, 11) is -3.30. The molecule has 0 saturated carbocycles. The van der Waals surface area contributed by atoms with E-state index in [1.165, 1.54) is 18.4 Å². The number of anilines is 1. The highest BCUT2D eigenvalue weighted by atomic mass is 32.2. The highest BCUT2D eigenvalue weighted by Gasteiger charge is 2.23. The van der Waals surface area contributed by atoms with Gasteiger partial charge in [-0.3, -0.25) is 0 Å². The molecule has 1 aromatic rings. The van der Waals surface area contributed by atoms with Crippen LogP contribution >= 0.6 is 0 Å². The molecule has 118 valence electrons. The molecule has 21 heavy (non-hydrogen) atoms. The summed E-state index contributed by atoms with van der Waals surface area (Å²) >= 11 is 0. The van der Waals surface area contributed by atoms with Crippen LogP contribution in [0.5, 0.6) is 0 Å². The Morgan fingerprint density at radius 3 is 2.10 bits per heavy atom. The van der Waals surface area contributed by atoms with Crippen molar-refractivity contribution in [2.24, 2.45) is 0 Å². The number of rotatable bonds is 4. The summed E-state index contributed by atoms with van der Waals surface area (Å²) in [6.07, 6.45) is 1.17. The van der Waals surface area contributed by atoms with Gasteiger partial charge in [-0.25, -0.2) is 21.1 Å². The molecule has 1 aliphatic heterocycles. The van der Waals surface area contributed by atoms with Gasteiger partial charge in [-0.1, -0.05) is 0 Å². The van der Waals surface area contributed by atoms with Crippen LogP contribution < -0.4 is 5.32 Å². The molecule has 0 spiro atoms. The lowest BCUT2D eigenvalue weighted by Crippen LogP contribution is -2.32. The molecule has 1 aliphatic rings. The fourth-order valence-corrected chi connectivity index (χ4v) is 4.60. The third kappa shape index (κ3) is 3.96. The number of hydrogen-bond donors (Lipinski definition) is 1. The maximum Gasteiger partial charge on any atom is 0.242 e. The summed E-state index contributed by atoms with van der Waals surface area (Å²) in [5.41, 5.74) is 0.803. The van der Waals surface area contributed by atoms with Gasteiger partial charge in [0.15, 0.2) is 0 Å².